The molecule has 0 bridgehead atoms. The van der Waals surface area contributed by atoms with Gasteiger partial charge >= 0.3 is 0 Å². The number of nitrogens with zero attached hydrogens (tertiary/aromatic N) is 3. The van der Waals surface area contributed by atoms with Crippen LogP contribution in [0.15, 0.2) is 24.3 Å². The van der Waals surface area contributed by atoms with Crippen molar-refractivity contribution in [3.05, 3.63) is 30.1 Å². The van der Waals surface area contributed by atoms with E-state index in [9.17, 15) is 9.59 Å². The Kier molecular flexibility index (Phi) is 5.89. The average Bonchev–Trinajstić information content (AvgIpc) is 3.46. The van der Waals surface area contributed by atoms with E-state index in [2.05, 4.69) is 20.5 Å². The Labute approximate surface area is 170 Å². The molecule has 2 aliphatic rings. The van der Waals surface area contributed by atoms with E-state index in [-0.39, 0.29) is 23.7 Å². The minimum atomic E-state index is -0.253. The molecule has 8 heteroatoms. The average molecular weight is 396 g/mol. The van der Waals surface area contributed by atoms with Crippen LogP contribution in [0.5, 0.6) is 0 Å². The molecule has 2 amide bonds. The molecule has 8 nitrogen and oxygen atoms in total. The van der Waals surface area contributed by atoms with E-state index in [0.29, 0.717) is 23.9 Å². The third kappa shape index (κ3) is 4.32. The lowest BCUT2D eigenvalue weighted by Crippen LogP contribution is -2.42. The highest BCUT2D eigenvalue weighted by molar-refractivity contribution is 5.96. The molecule has 2 atom stereocenters. The van der Waals surface area contributed by atoms with Crippen LogP contribution < -0.4 is 11.1 Å². The van der Waals surface area contributed by atoms with Gasteiger partial charge in [0.25, 0.3) is 0 Å². The van der Waals surface area contributed by atoms with Gasteiger partial charge in [0.1, 0.15) is 5.82 Å². The molecule has 1 saturated heterocycles. The largest absolute Gasteiger partial charge is 0.342 e. The second kappa shape index (κ2) is 8.73. The van der Waals surface area contributed by atoms with Crippen molar-refractivity contribution in [2.45, 2.75) is 45.1 Å². The number of hydrogen-bond donors (Lipinski definition) is 3. The molecule has 1 aliphatic carbocycles. The zero-order valence-corrected chi connectivity index (χ0v) is 16.6. The first-order valence-electron chi connectivity index (χ1n) is 10.5. The lowest BCUT2D eigenvalue weighted by atomic mass is 9.77. The van der Waals surface area contributed by atoms with Gasteiger partial charge in [-0.3, -0.25) is 14.7 Å². The van der Waals surface area contributed by atoms with Crippen molar-refractivity contribution < 1.29 is 9.59 Å². The van der Waals surface area contributed by atoms with E-state index in [1.54, 1.807) is 0 Å². The standard InChI is InChI=1S/C21H28N6O2/c22-13-18-24-19(26-25-18)14-7-9-15(10-8-14)23-20(28)16-5-1-2-6-17(16)21(29)27-11-3-4-12-27/h7-10,16-17H,1-6,11-13,22H2,(H,23,28)(H,24,25,26). The highest BCUT2D eigenvalue weighted by Crippen LogP contribution is 2.33. The van der Waals surface area contributed by atoms with Crippen LogP contribution in [0, 0.1) is 11.8 Å². The van der Waals surface area contributed by atoms with Crippen LogP contribution in [0.25, 0.3) is 11.4 Å². The van der Waals surface area contributed by atoms with Gasteiger partial charge in [0.2, 0.25) is 11.8 Å². The van der Waals surface area contributed by atoms with Crippen molar-refractivity contribution in [2.24, 2.45) is 17.6 Å². The molecule has 4 rings (SSSR count). The molecule has 1 aliphatic heterocycles. The summed E-state index contributed by atoms with van der Waals surface area (Å²) in [6.45, 7) is 1.97. The topological polar surface area (TPSA) is 117 Å². The number of H-pyrrole nitrogens is 1. The lowest BCUT2D eigenvalue weighted by molar-refractivity contribution is -0.141. The van der Waals surface area contributed by atoms with Gasteiger partial charge in [-0.25, -0.2) is 4.98 Å². The Morgan fingerprint density at radius 1 is 1.07 bits per heavy atom. The fraction of sp³-hybridized carbons (Fsp3) is 0.524. The number of anilines is 1. The predicted molar refractivity (Wildman–Crippen MR) is 110 cm³/mol. The van der Waals surface area contributed by atoms with Crippen molar-refractivity contribution in [2.75, 3.05) is 18.4 Å². The van der Waals surface area contributed by atoms with Crippen LogP contribution in [0.4, 0.5) is 5.69 Å². The number of nitrogens with one attached hydrogen (secondary N) is 2. The maximum atomic E-state index is 13.0. The molecule has 0 radical (unpaired) electrons. The third-order valence-corrected chi connectivity index (χ3v) is 5.97. The molecule has 4 N–H and O–H groups in total. The van der Waals surface area contributed by atoms with E-state index < -0.39 is 0 Å². The van der Waals surface area contributed by atoms with E-state index in [1.807, 2.05) is 29.2 Å². The minimum absolute atomic E-state index is 0.0571. The van der Waals surface area contributed by atoms with Crippen molar-refractivity contribution in [3.63, 3.8) is 0 Å². The Bertz CT molecular complexity index is 856. The number of rotatable bonds is 5. The maximum absolute atomic E-state index is 13.0. The van der Waals surface area contributed by atoms with Crippen LogP contribution in [0.1, 0.15) is 44.3 Å². The second-order valence-corrected chi connectivity index (χ2v) is 7.91. The number of amides is 2. The van der Waals surface area contributed by atoms with Gasteiger partial charge in [0.05, 0.1) is 6.54 Å². The smallest absolute Gasteiger partial charge is 0.228 e. The highest BCUT2D eigenvalue weighted by atomic mass is 16.2. The summed E-state index contributed by atoms with van der Waals surface area (Å²) in [7, 11) is 0. The van der Waals surface area contributed by atoms with Gasteiger partial charge in [-0.1, -0.05) is 12.8 Å². The molecule has 29 heavy (non-hydrogen) atoms. The normalized spacial score (nSPS) is 21.9. The van der Waals surface area contributed by atoms with Gasteiger partial charge in [-0.15, -0.1) is 0 Å². The highest BCUT2D eigenvalue weighted by Gasteiger charge is 2.38. The number of nitrogens with two attached hydrogens (primary N) is 1. The molecule has 2 fully saturated rings. The quantitative estimate of drug-likeness (QED) is 0.717. The number of carbonyl (C=O) groups is 2. The van der Waals surface area contributed by atoms with Gasteiger partial charge in [-0.05, 0) is 49.9 Å². The van der Waals surface area contributed by atoms with Crippen LogP contribution >= 0.6 is 0 Å². The van der Waals surface area contributed by atoms with E-state index in [0.717, 1.165) is 57.2 Å². The first-order valence-corrected chi connectivity index (χ1v) is 10.5. The zero-order valence-electron chi connectivity index (χ0n) is 16.6. The fourth-order valence-corrected chi connectivity index (χ4v) is 4.37. The lowest BCUT2D eigenvalue weighted by Gasteiger charge is -2.32. The maximum Gasteiger partial charge on any atom is 0.228 e. The van der Waals surface area contributed by atoms with Crippen LogP contribution in [-0.4, -0.2) is 45.0 Å². The second-order valence-electron chi connectivity index (χ2n) is 7.91. The number of likely N-dealkylation sites (tertiary alicyclic amines) is 1. The van der Waals surface area contributed by atoms with Crippen molar-refractivity contribution in [1.29, 1.82) is 0 Å². The monoisotopic (exact) mass is 396 g/mol. The molecule has 1 aromatic carbocycles. The summed E-state index contributed by atoms with van der Waals surface area (Å²) in [6, 6.07) is 7.41. The number of aromatic nitrogens is 3. The minimum Gasteiger partial charge on any atom is -0.342 e. The summed E-state index contributed by atoms with van der Waals surface area (Å²) in [5.74, 6) is 0.868. The van der Waals surface area contributed by atoms with Crippen molar-refractivity contribution in [1.82, 2.24) is 20.1 Å². The Hall–Kier alpha value is -2.74. The van der Waals surface area contributed by atoms with Gasteiger partial charge in [0, 0.05) is 36.2 Å². The number of carbonyl (C=O) groups excluding carboxylic acids is 2. The Morgan fingerprint density at radius 3 is 2.41 bits per heavy atom. The molecule has 1 aromatic heterocycles. The molecule has 2 aromatic rings. The van der Waals surface area contributed by atoms with E-state index >= 15 is 0 Å². The Morgan fingerprint density at radius 2 is 1.76 bits per heavy atom. The summed E-state index contributed by atoms with van der Waals surface area (Å²) >= 11 is 0. The van der Waals surface area contributed by atoms with Gasteiger partial charge < -0.3 is 16.0 Å². The zero-order chi connectivity index (χ0) is 20.2. The van der Waals surface area contributed by atoms with E-state index in [1.165, 1.54) is 0 Å². The number of benzene rings is 1. The van der Waals surface area contributed by atoms with Crippen LogP contribution in [0.3, 0.4) is 0 Å². The first kappa shape index (κ1) is 19.6. The van der Waals surface area contributed by atoms with Crippen molar-refractivity contribution in [3.8, 4) is 11.4 Å². The molecule has 2 unspecified atom stereocenters. The molecule has 154 valence electrons. The number of aromatic amines is 1. The summed E-state index contributed by atoms with van der Waals surface area (Å²) < 4.78 is 0. The SMILES string of the molecule is NCc1nc(-c2ccc(NC(=O)C3CCCCC3C(=O)N3CCCC3)cc2)n[nH]1. The molecular formula is C21H28N6O2. The Balaban J connectivity index is 1.42. The van der Waals surface area contributed by atoms with Crippen molar-refractivity contribution >= 4 is 17.5 Å². The summed E-state index contributed by atoms with van der Waals surface area (Å²) in [5.41, 5.74) is 7.12. The fourth-order valence-electron chi connectivity index (χ4n) is 4.37. The molecule has 1 saturated carbocycles. The van der Waals surface area contributed by atoms with Gasteiger partial charge in [0.15, 0.2) is 5.82 Å². The molecule has 0 spiro atoms. The first-order chi connectivity index (χ1) is 14.2. The summed E-state index contributed by atoms with van der Waals surface area (Å²) in [4.78, 5) is 32.1. The predicted octanol–water partition coefficient (Wildman–Crippen LogP) is 2.30. The van der Waals surface area contributed by atoms with Crippen LogP contribution in [-0.2, 0) is 16.1 Å². The van der Waals surface area contributed by atoms with Crippen LogP contribution in [0.2, 0.25) is 0 Å². The summed E-state index contributed by atoms with van der Waals surface area (Å²) in [5, 5.41) is 9.94. The summed E-state index contributed by atoms with van der Waals surface area (Å²) in [6.07, 6.45) is 5.73. The third-order valence-electron chi connectivity index (χ3n) is 5.97. The molecular weight excluding hydrogens is 368 g/mol. The van der Waals surface area contributed by atoms with E-state index in [4.69, 9.17) is 5.73 Å². The molecule has 2 heterocycles. The number of hydrogen-bond acceptors (Lipinski definition) is 5. The van der Waals surface area contributed by atoms with Gasteiger partial charge in [-0.2, -0.15) is 5.10 Å².